The summed E-state index contributed by atoms with van der Waals surface area (Å²) in [5.41, 5.74) is -1.49. The topological polar surface area (TPSA) is 72.4 Å². The van der Waals surface area contributed by atoms with E-state index in [9.17, 15) is 13.7 Å². The Bertz CT molecular complexity index is 276. The van der Waals surface area contributed by atoms with Gasteiger partial charge in [0.05, 0.1) is 12.5 Å². The molecule has 2 atom stereocenters. The molecule has 0 heterocycles. The Balaban J connectivity index is 2.61. The second-order valence-electron chi connectivity index (χ2n) is 5.18. The molecule has 6 heteroatoms. The summed E-state index contributed by atoms with van der Waals surface area (Å²) in [6.45, 7) is 5.27. The first-order chi connectivity index (χ1) is 7.15. The van der Waals surface area contributed by atoms with E-state index in [1.165, 1.54) is 0 Å². The normalized spacial score (nSPS) is 22.6. The quantitative estimate of drug-likeness (QED) is 0.724. The van der Waals surface area contributed by atoms with E-state index in [0.29, 0.717) is 12.8 Å². The number of aliphatic carboxylic acids is 1. The van der Waals surface area contributed by atoms with Gasteiger partial charge in [0.1, 0.15) is 10.4 Å². The Morgan fingerprint density at radius 1 is 1.62 bits per heavy atom. The molecule has 0 aliphatic heterocycles. The lowest BCUT2D eigenvalue weighted by Gasteiger charge is -2.28. The van der Waals surface area contributed by atoms with Gasteiger partial charge in [-0.3, -0.25) is 4.79 Å². The summed E-state index contributed by atoms with van der Waals surface area (Å²) >= 11 is -1.44. The molecular formula is C10H18FNO3S. The molecule has 1 aliphatic carbocycles. The fraction of sp³-hybridized carbons (Fsp3) is 0.900. The number of halogens is 1. The molecule has 1 fully saturated rings. The van der Waals surface area contributed by atoms with Crippen molar-refractivity contribution in [3.63, 3.8) is 0 Å². The summed E-state index contributed by atoms with van der Waals surface area (Å²) in [6, 6.07) is -0.856. The van der Waals surface area contributed by atoms with Crippen LogP contribution < -0.4 is 4.72 Å². The van der Waals surface area contributed by atoms with Gasteiger partial charge in [-0.05, 0) is 33.6 Å². The zero-order valence-corrected chi connectivity index (χ0v) is 10.6. The minimum Gasteiger partial charge on any atom is -0.598 e. The van der Waals surface area contributed by atoms with Gasteiger partial charge in [-0.1, -0.05) is 0 Å². The average Bonchev–Trinajstić information content (AvgIpc) is 2.81. The maximum absolute atomic E-state index is 13.8. The molecule has 1 rings (SSSR count). The molecule has 0 aromatic heterocycles. The first kappa shape index (κ1) is 13.7. The monoisotopic (exact) mass is 251 g/mol. The molecule has 0 amide bonds. The van der Waals surface area contributed by atoms with Crippen LogP contribution in [0, 0.1) is 0 Å². The Morgan fingerprint density at radius 3 is 2.44 bits per heavy atom. The molecule has 16 heavy (non-hydrogen) atoms. The first-order valence-electron chi connectivity index (χ1n) is 5.24. The van der Waals surface area contributed by atoms with Gasteiger partial charge in [-0.15, -0.1) is 4.72 Å². The van der Waals surface area contributed by atoms with Crippen LogP contribution in [-0.4, -0.2) is 32.1 Å². The van der Waals surface area contributed by atoms with E-state index in [4.69, 9.17) is 5.11 Å². The van der Waals surface area contributed by atoms with Crippen LogP contribution in [0.2, 0.25) is 0 Å². The van der Waals surface area contributed by atoms with Gasteiger partial charge in [0.15, 0.2) is 0 Å². The van der Waals surface area contributed by atoms with Crippen LogP contribution in [0.4, 0.5) is 4.39 Å². The van der Waals surface area contributed by atoms with E-state index in [0.717, 1.165) is 0 Å². The van der Waals surface area contributed by atoms with Crippen LogP contribution >= 0.6 is 0 Å². The fourth-order valence-electron chi connectivity index (χ4n) is 1.28. The van der Waals surface area contributed by atoms with E-state index in [1.807, 2.05) is 0 Å². The SMILES string of the molecule is CC(C)(C)[S+]([O-])N[C@@H](CC(=O)O)C1(F)CC1. The van der Waals surface area contributed by atoms with Crippen molar-refractivity contribution >= 4 is 17.3 Å². The van der Waals surface area contributed by atoms with Crippen molar-refractivity contribution in [2.45, 2.75) is 56.5 Å². The number of alkyl halides is 1. The Kier molecular flexibility index (Phi) is 3.87. The van der Waals surface area contributed by atoms with E-state index < -0.39 is 33.8 Å². The third-order valence-corrected chi connectivity index (χ3v) is 4.15. The molecule has 0 spiro atoms. The lowest BCUT2D eigenvalue weighted by molar-refractivity contribution is -0.138. The van der Waals surface area contributed by atoms with Crippen LogP contribution in [0.5, 0.6) is 0 Å². The standard InChI is InChI=1S/C10H18FNO3S/c1-9(2,3)16(15)12-7(6-8(13)14)10(11)4-5-10/h7,12H,4-6H2,1-3H3,(H,13,14)/t7-,16?/m0/s1. The zero-order chi connectivity index (χ0) is 12.6. The maximum Gasteiger partial charge on any atom is 0.305 e. The van der Waals surface area contributed by atoms with Crippen molar-refractivity contribution in [1.29, 1.82) is 0 Å². The molecule has 2 N–H and O–H groups in total. The van der Waals surface area contributed by atoms with E-state index in [1.54, 1.807) is 20.8 Å². The minimum atomic E-state index is -1.49. The summed E-state index contributed by atoms with van der Waals surface area (Å²) in [5.74, 6) is -1.08. The van der Waals surface area contributed by atoms with Crippen molar-refractivity contribution in [3.05, 3.63) is 0 Å². The molecule has 0 bridgehead atoms. The molecule has 1 aliphatic rings. The molecule has 94 valence electrons. The van der Waals surface area contributed by atoms with Gasteiger partial charge in [-0.2, -0.15) is 0 Å². The number of carboxylic acids is 1. The van der Waals surface area contributed by atoms with Crippen molar-refractivity contribution in [2.24, 2.45) is 0 Å². The third kappa shape index (κ3) is 3.61. The van der Waals surface area contributed by atoms with E-state index in [-0.39, 0.29) is 6.42 Å². The molecule has 0 radical (unpaired) electrons. The Morgan fingerprint density at radius 2 is 2.12 bits per heavy atom. The van der Waals surface area contributed by atoms with Gasteiger partial charge in [-0.25, -0.2) is 4.39 Å². The van der Waals surface area contributed by atoms with Crippen LogP contribution in [0.3, 0.4) is 0 Å². The van der Waals surface area contributed by atoms with Gasteiger partial charge in [0.2, 0.25) is 0 Å². The van der Waals surface area contributed by atoms with Gasteiger partial charge in [0, 0.05) is 11.4 Å². The number of carboxylic acid groups (broad SMARTS) is 1. The second-order valence-corrected chi connectivity index (χ2v) is 7.18. The number of carbonyl (C=O) groups is 1. The van der Waals surface area contributed by atoms with Crippen molar-refractivity contribution in [3.8, 4) is 0 Å². The molecule has 0 aromatic carbocycles. The first-order valence-corrected chi connectivity index (χ1v) is 6.39. The molecule has 0 aromatic rings. The van der Waals surface area contributed by atoms with Crippen LogP contribution in [0.15, 0.2) is 0 Å². The molecule has 1 saturated carbocycles. The molecule has 1 unspecified atom stereocenters. The van der Waals surface area contributed by atoms with Crippen molar-refractivity contribution in [2.75, 3.05) is 0 Å². The van der Waals surface area contributed by atoms with E-state index >= 15 is 0 Å². The molecular weight excluding hydrogens is 233 g/mol. The highest BCUT2D eigenvalue weighted by Gasteiger charge is 2.53. The largest absolute Gasteiger partial charge is 0.598 e. The van der Waals surface area contributed by atoms with Crippen molar-refractivity contribution in [1.82, 2.24) is 4.72 Å². The lowest BCUT2D eigenvalue weighted by Crippen LogP contribution is -2.50. The zero-order valence-electron chi connectivity index (χ0n) is 9.75. The Hall–Kier alpha value is -0.330. The van der Waals surface area contributed by atoms with Gasteiger partial charge in [0.25, 0.3) is 0 Å². The Labute approximate surface area is 97.9 Å². The minimum absolute atomic E-state index is 0.335. The van der Waals surface area contributed by atoms with Crippen molar-refractivity contribution < 1.29 is 18.8 Å². The molecule has 0 saturated heterocycles. The third-order valence-electron chi connectivity index (χ3n) is 2.54. The molecule has 4 nitrogen and oxygen atoms in total. The number of hydrogen-bond acceptors (Lipinski definition) is 3. The average molecular weight is 251 g/mol. The van der Waals surface area contributed by atoms with Crippen LogP contribution in [0.25, 0.3) is 0 Å². The van der Waals surface area contributed by atoms with Gasteiger partial charge < -0.3 is 9.66 Å². The summed E-state index contributed by atoms with van der Waals surface area (Å²) < 4.78 is 27.7. The highest BCUT2D eigenvalue weighted by molar-refractivity contribution is 7.90. The fourth-order valence-corrected chi connectivity index (χ4v) is 2.19. The van der Waals surface area contributed by atoms with Crippen LogP contribution in [0.1, 0.15) is 40.0 Å². The predicted octanol–water partition coefficient (Wildman–Crippen LogP) is 1.38. The van der Waals surface area contributed by atoms with Gasteiger partial charge >= 0.3 is 5.97 Å². The smallest absolute Gasteiger partial charge is 0.305 e. The number of nitrogens with one attached hydrogen (secondary N) is 1. The lowest BCUT2D eigenvalue weighted by atomic mass is 10.1. The summed E-state index contributed by atoms with van der Waals surface area (Å²) in [4.78, 5) is 10.6. The highest BCUT2D eigenvalue weighted by atomic mass is 32.2. The van der Waals surface area contributed by atoms with Crippen LogP contribution in [-0.2, 0) is 16.2 Å². The highest BCUT2D eigenvalue weighted by Crippen LogP contribution is 2.44. The second kappa shape index (κ2) is 4.50. The maximum atomic E-state index is 13.8. The summed E-state index contributed by atoms with van der Waals surface area (Å²) in [6.07, 6.45) is 0.358. The van der Waals surface area contributed by atoms with E-state index in [2.05, 4.69) is 4.72 Å². The summed E-state index contributed by atoms with van der Waals surface area (Å²) in [7, 11) is 0. The summed E-state index contributed by atoms with van der Waals surface area (Å²) in [5, 5.41) is 8.69. The number of rotatable bonds is 5. The number of hydrogen-bond donors (Lipinski definition) is 2. The predicted molar refractivity (Wildman–Crippen MR) is 60.1 cm³/mol.